The molecule has 1 fully saturated rings. The van der Waals surface area contributed by atoms with Crippen LogP contribution in [0.5, 0.6) is 0 Å². The summed E-state index contributed by atoms with van der Waals surface area (Å²) in [7, 11) is 0. The van der Waals surface area contributed by atoms with Crippen molar-refractivity contribution in [1.82, 2.24) is 30.2 Å². The van der Waals surface area contributed by atoms with E-state index in [0.717, 1.165) is 17.7 Å². The van der Waals surface area contributed by atoms with E-state index in [1.54, 1.807) is 17.1 Å². The third-order valence-electron chi connectivity index (χ3n) is 4.52. The number of piperazine rings is 1. The molecule has 1 atom stereocenters. The second kappa shape index (κ2) is 7.45. The van der Waals surface area contributed by atoms with Crippen LogP contribution in [-0.4, -0.2) is 50.4 Å². The lowest BCUT2D eigenvalue weighted by molar-refractivity contribution is 0.0627. The summed E-state index contributed by atoms with van der Waals surface area (Å²) >= 11 is 0. The molecule has 1 N–H and O–H groups in total. The maximum Gasteiger partial charge on any atom is 0.276 e. The average molecular weight is 348 g/mol. The lowest BCUT2D eigenvalue weighted by Crippen LogP contribution is -2.48. The summed E-state index contributed by atoms with van der Waals surface area (Å²) in [6.45, 7) is 2.69. The molecule has 0 saturated carbocycles. The van der Waals surface area contributed by atoms with E-state index in [4.69, 9.17) is 0 Å². The Morgan fingerprint density at radius 3 is 2.88 bits per heavy atom. The van der Waals surface area contributed by atoms with E-state index in [-0.39, 0.29) is 11.9 Å². The molecular weight excluding hydrogens is 328 g/mol. The number of aromatic nitrogens is 4. The van der Waals surface area contributed by atoms with E-state index in [0.29, 0.717) is 25.3 Å². The molecule has 1 saturated heterocycles. The Morgan fingerprint density at radius 1 is 1.19 bits per heavy atom. The van der Waals surface area contributed by atoms with E-state index in [1.165, 1.54) is 0 Å². The van der Waals surface area contributed by atoms with Crippen molar-refractivity contribution in [1.29, 1.82) is 0 Å². The smallest absolute Gasteiger partial charge is 0.276 e. The zero-order valence-corrected chi connectivity index (χ0v) is 14.3. The van der Waals surface area contributed by atoms with Crippen LogP contribution in [-0.2, 0) is 6.54 Å². The maximum absolute atomic E-state index is 13.0. The van der Waals surface area contributed by atoms with Gasteiger partial charge in [0.25, 0.3) is 5.91 Å². The minimum atomic E-state index is -0.0975. The van der Waals surface area contributed by atoms with Gasteiger partial charge in [-0.15, -0.1) is 5.10 Å². The zero-order valence-electron chi connectivity index (χ0n) is 14.3. The van der Waals surface area contributed by atoms with Crippen LogP contribution in [0, 0.1) is 0 Å². The first-order chi connectivity index (χ1) is 12.8. The van der Waals surface area contributed by atoms with E-state index in [9.17, 15) is 4.79 Å². The number of hydrogen-bond donors (Lipinski definition) is 1. The SMILES string of the molecule is O=C(c1cn(Cc2ccccc2)nn1)N1CCNCC1c1cccnc1. The maximum atomic E-state index is 13.0. The predicted molar refractivity (Wildman–Crippen MR) is 96.5 cm³/mol. The normalized spacial score (nSPS) is 17.2. The molecule has 2 aromatic heterocycles. The van der Waals surface area contributed by atoms with Crippen LogP contribution < -0.4 is 5.32 Å². The summed E-state index contributed by atoms with van der Waals surface area (Å²) in [4.78, 5) is 19.0. The third-order valence-corrected chi connectivity index (χ3v) is 4.52. The summed E-state index contributed by atoms with van der Waals surface area (Å²) in [5.41, 5.74) is 2.51. The monoisotopic (exact) mass is 348 g/mol. The molecule has 4 rings (SSSR count). The number of pyridine rings is 1. The fourth-order valence-electron chi connectivity index (χ4n) is 3.21. The van der Waals surface area contributed by atoms with Gasteiger partial charge in [-0.25, -0.2) is 4.68 Å². The second-order valence-electron chi connectivity index (χ2n) is 6.29. The molecule has 1 aliphatic heterocycles. The summed E-state index contributed by atoms with van der Waals surface area (Å²) in [6.07, 6.45) is 5.27. The molecule has 26 heavy (non-hydrogen) atoms. The Labute approximate surface area is 151 Å². The number of amides is 1. The van der Waals surface area contributed by atoms with Crippen molar-refractivity contribution < 1.29 is 4.79 Å². The minimum absolute atomic E-state index is 0.0516. The number of carbonyl (C=O) groups is 1. The highest BCUT2D eigenvalue weighted by Gasteiger charge is 2.30. The Hall–Kier alpha value is -3.06. The summed E-state index contributed by atoms with van der Waals surface area (Å²) < 4.78 is 1.70. The van der Waals surface area contributed by atoms with Crippen molar-refractivity contribution in [2.45, 2.75) is 12.6 Å². The molecule has 1 unspecified atom stereocenters. The van der Waals surface area contributed by atoms with Crippen LogP contribution >= 0.6 is 0 Å². The molecule has 7 nitrogen and oxygen atoms in total. The number of carbonyl (C=O) groups excluding carboxylic acids is 1. The van der Waals surface area contributed by atoms with Crippen molar-refractivity contribution in [2.24, 2.45) is 0 Å². The Bertz CT molecular complexity index is 864. The van der Waals surface area contributed by atoms with Gasteiger partial charge in [0, 0.05) is 32.0 Å². The van der Waals surface area contributed by atoms with Gasteiger partial charge in [0.05, 0.1) is 18.8 Å². The molecule has 0 aliphatic carbocycles. The Balaban J connectivity index is 1.53. The third kappa shape index (κ3) is 3.48. The molecule has 1 aliphatic rings. The van der Waals surface area contributed by atoms with Crippen LogP contribution in [0.15, 0.2) is 61.1 Å². The van der Waals surface area contributed by atoms with E-state index >= 15 is 0 Å². The van der Waals surface area contributed by atoms with Gasteiger partial charge in [0.2, 0.25) is 0 Å². The largest absolute Gasteiger partial charge is 0.328 e. The van der Waals surface area contributed by atoms with Gasteiger partial charge < -0.3 is 10.2 Å². The molecule has 0 radical (unpaired) electrons. The van der Waals surface area contributed by atoms with Gasteiger partial charge in [0.15, 0.2) is 5.69 Å². The van der Waals surface area contributed by atoms with Gasteiger partial charge in [0.1, 0.15) is 0 Å². The Morgan fingerprint density at radius 2 is 2.08 bits per heavy atom. The fourth-order valence-corrected chi connectivity index (χ4v) is 3.21. The van der Waals surface area contributed by atoms with Gasteiger partial charge in [-0.2, -0.15) is 0 Å². The lowest BCUT2D eigenvalue weighted by Gasteiger charge is -2.35. The molecule has 0 bridgehead atoms. The number of rotatable bonds is 4. The molecule has 1 amide bonds. The van der Waals surface area contributed by atoms with E-state index in [1.807, 2.05) is 53.6 Å². The van der Waals surface area contributed by atoms with Crippen molar-refractivity contribution >= 4 is 5.91 Å². The number of nitrogens with one attached hydrogen (secondary N) is 1. The number of hydrogen-bond acceptors (Lipinski definition) is 5. The molecule has 3 aromatic rings. The predicted octanol–water partition coefficient (Wildman–Crippen LogP) is 1.51. The topological polar surface area (TPSA) is 75.9 Å². The molecule has 3 heterocycles. The first-order valence-corrected chi connectivity index (χ1v) is 8.67. The van der Waals surface area contributed by atoms with E-state index < -0.39 is 0 Å². The van der Waals surface area contributed by atoms with Crippen LogP contribution in [0.4, 0.5) is 0 Å². The first-order valence-electron chi connectivity index (χ1n) is 8.67. The fraction of sp³-hybridized carbons (Fsp3) is 0.263. The van der Waals surface area contributed by atoms with Crippen LogP contribution in [0.1, 0.15) is 27.7 Å². The van der Waals surface area contributed by atoms with Crippen LogP contribution in [0.2, 0.25) is 0 Å². The summed E-state index contributed by atoms with van der Waals surface area (Å²) in [6, 6.07) is 13.8. The average Bonchev–Trinajstić information content (AvgIpc) is 3.17. The molecule has 7 heteroatoms. The van der Waals surface area contributed by atoms with Crippen molar-refractivity contribution in [3.8, 4) is 0 Å². The van der Waals surface area contributed by atoms with Gasteiger partial charge >= 0.3 is 0 Å². The lowest BCUT2D eigenvalue weighted by atomic mass is 10.0. The quantitative estimate of drug-likeness (QED) is 0.773. The van der Waals surface area contributed by atoms with Crippen LogP contribution in [0.25, 0.3) is 0 Å². The van der Waals surface area contributed by atoms with E-state index in [2.05, 4.69) is 20.6 Å². The first kappa shape index (κ1) is 16.4. The number of benzene rings is 1. The molecular formula is C19H20N6O. The summed E-state index contributed by atoms with van der Waals surface area (Å²) in [5.74, 6) is -0.0975. The number of nitrogens with zero attached hydrogens (tertiary/aromatic N) is 5. The molecule has 1 aromatic carbocycles. The highest BCUT2D eigenvalue weighted by Crippen LogP contribution is 2.23. The molecule has 0 spiro atoms. The van der Waals surface area contributed by atoms with Crippen molar-refractivity contribution in [3.63, 3.8) is 0 Å². The zero-order chi connectivity index (χ0) is 17.8. The minimum Gasteiger partial charge on any atom is -0.328 e. The van der Waals surface area contributed by atoms with Crippen LogP contribution in [0.3, 0.4) is 0 Å². The highest BCUT2D eigenvalue weighted by atomic mass is 16.2. The standard InChI is InChI=1S/C19H20N6O/c26-19(17-14-24(23-22-17)13-15-5-2-1-3-6-15)25-10-9-21-12-18(25)16-7-4-8-20-11-16/h1-8,11,14,18,21H,9-10,12-13H2. The second-order valence-corrected chi connectivity index (χ2v) is 6.29. The van der Waals surface area contributed by atoms with Gasteiger partial charge in [-0.1, -0.05) is 41.6 Å². The van der Waals surface area contributed by atoms with Gasteiger partial charge in [-0.3, -0.25) is 9.78 Å². The van der Waals surface area contributed by atoms with Crippen molar-refractivity contribution in [3.05, 3.63) is 77.9 Å². The Kier molecular flexibility index (Phi) is 4.70. The van der Waals surface area contributed by atoms with Gasteiger partial charge in [-0.05, 0) is 17.2 Å². The van der Waals surface area contributed by atoms with Crippen molar-refractivity contribution in [2.75, 3.05) is 19.6 Å². The highest BCUT2D eigenvalue weighted by molar-refractivity contribution is 5.92. The molecule has 132 valence electrons. The summed E-state index contributed by atoms with van der Waals surface area (Å²) in [5, 5.41) is 11.6.